The van der Waals surface area contributed by atoms with E-state index in [1.165, 1.54) is 7.11 Å². The summed E-state index contributed by atoms with van der Waals surface area (Å²) in [6, 6.07) is 12.3. The van der Waals surface area contributed by atoms with Gasteiger partial charge in [-0.05, 0) is 37.3 Å². The molecule has 0 saturated carbocycles. The Balaban J connectivity index is 2.00. The average molecular weight is 445 g/mol. The first-order chi connectivity index (χ1) is 14.4. The fourth-order valence-electron chi connectivity index (χ4n) is 3.30. The summed E-state index contributed by atoms with van der Waals surface area (Å²) in [7, 11) is 1.53. The SMILES string of the molecule is COC[C@@H](C)OC(=O)c1c(N)n(-c2cc(Cl)cc(Cl)c2)c2nc3ccccc3nc12. The molecule has 2 aromatic carbocycles. The van der Waals surface area contributed by atoms with E-state index in [0.29, 0.717) is 37.9 Å². The maximum absolute atomic E-state index is 13.0. The molecule has 0 aliphatic heterocycles. The average Bonchev–Trinajstić information content (AvgIpc) is 2.96. The predicted molar refractivity (Wildman–Crippen MR) is 118 cm³/mol. The molecule has 0 aliphatic carbocycles. The molecule has 0 radical (unpaired) electrons. The van der Waals surface area contributed by atoms with Crippen molar-refractivity contribution in [1.82, 2.24) is 14.5 Å². The van der Waals surface area contributed by atoms with Gasteiger partial charge in [-0.1, -0.05) is 35.3 Å². The van der Waals surface area contributed by atoms with Gasteiger partial charge >= 0.3 is 5.97 Å². The zero-order valence-corrected chi connectivity index (χ0v) is 17.7. The van der Waals surface area contributed by atoms with Crippen molar-refractivity contribution in [3.05, 3.63) is 58.1 Å². The van der Waals surface area contributed by atoms with Gasteiger partial charge in [-0.25, -0.2) is 14.8 Å². The third-order valence-electron chi connectivity index (χ3n) is 4.52. The highest BCUT2D eigenvalue weighted by Gasteiger charge is 2.27. The fourth-order valence-corrected chi connectivity index (χ4v) is 3.82. The third kappa shape index (κ3) is 3.67. The Labute approximate surface area is 182 Å². The molecule has 7 nitrogen and oxygen atoms in total. The Morgan fingerprint density at radius 2 is 1.77 bits per heavy atom. The summed E-state index contributed by atoms with van der Waals surface area (Å²) in [6.07, 6.45) is -0.464. The van der Waals surface area contributed by atoms with Gasteiger partial charge in [-0.15, -0.1) is 0 Å². The summed E-state index contributed by atoms with van der Waals surface area (Å²) in [5.41, 5.74) is 9.13. The lowest BCUT2D eigenvalue weighted by Crippen LogP contribution is -2.20. The Kier molecular flexibility index (Phi) is 5.51. The number of ether oxygens (including phenoxy) is 2. The lowest BCUT2D eigenvalue weighted by atomic mass is 10.2. The number of methoxy groups -OCH3 is 1. The molecular weight excluding hydrogens is 427 g/mol. The number of hydrogen-bond donors (Lipinski definition) is 1. The molecule has 30 heavy (non-hydrogen) atoms. The van der Waals surface area contributed by atoms with Crippen LogP contribution in [0.2, 0.25) is 10.0 Å². The van der Waals surface area contributed by atoms with Gasteiger partial charge in [0.25, 0.3) is 0 Å². The number of carbonyl (C=O) groups excluding carboxylic acids is 1. The molecule has 0 spiro atoms. The Morgan fingerprint density at radius 3 is 2.40 bits per heavy atom. The standard InChI is InChI=1S/C21H18Cl2N4O3/c1-11(10-29-2)30-21(28)17-18-20(26-16-6-4-3-5-15(16)25-18)27(19(17)24)14-8-12(22)7-13(23)9-14/h3-9,11H,10,24H2,1-2H3/t11-/m1/s1. The largest absolute Gasteiger partial charge is 0.456 e. The second-order valence-corrected chi connectivity index (χ2v) is 7.65. The van der Waals surface area contributed by atoms with Crippen molar-refractivity contribution in [2.75, 3.05) is 19.5 Å². The highest BCUT2D eigenvalue weighted by Crippen LogP contribution is 2.33. The Morgan fingerprint density at radius 1 is 1.13 bits per heavy atom. The summed E-state index contributed by atoms with van der Waals surface area (Å²) >= 11 is 12.4. The van der Waals surface area contributed by atoms with Crippen molar-refractivity contribution in [3.63, 3.8) is 0 Å². The van der Waals surface area contributed by atoms with Crippen molar-refractivity contribution in [2.24, 2.45) is 0 Å². The van der Waals surface area contributed by atoms with Crippen LogP contribution in [0.25, 0.3) is 27.9 Å². The molecule has 4 aromatic rings. The first-order valence-electron chi connectivity index (χ1n) is 9.12. The molecule has 0 unspecified atom stereocenters. The van der Waals surface area contributed by atoms with Gasteiger partial charge in [-0.2, -0.15) is 0 Å². The molecule has 0 aliphatic rings. The number of hydrogen-bond acceptors (Lipinski definition) is 6. The lowest BCUT2D eigenvalue weighted by molar-refractivity contribution is 0.0123. The van der Waals surface area contributed by atoms with Gasteiger partial charge in [0.05, 0.1) is 23.3 Å². The van der Waals surface area contributed by atoms with Crippen LogP contribution in [0.3, 0.4) is 0 Å². The predicted octanol–water partition coefficient (Wildman–Crippen LogP) is 4.65. The van der Waals surface area contributed by atoms with Gasteiger partial charge in [0.1, 0.15) is 23.0 Å². The second kappa shape index (κ2) is 8.10. The quantitative estimate of drug-likeness (QED) is 0.450. The van der Waals surface area contributed by atoms with Crippen LogP contribution in [0, 0.1) is 0 Å². The number of halogens is 2. The van der Waals surface area contributed by atoms with E-state index >= 15 is 0 Å². The first-order valence-corrected chi connectivity index (χ1v) is 9.87. The van der Waals surface area contributed by atoms with E-state index in [0.717, 1.165) is 0 Å². The summed E-state index contributed by atoms with van der Waals surface area (Å²) in [4.78, 5) is 22.3. The van der Waals surface area contributed by atoms with Gasteiger partial charge in [-0.3, -0.25) is 4.57 Å². The minimum atomic E-state index is -0.612. The zero-order valence-electron chi connectivity index (χ0n) is 16.2. The number of anilines is 1. The lowest BCUT2D eigenvalue weighted by Gasteiger charge is -2.12. The van der Waals surface area contributed by atoms with Crippen LogP contribution in [0.15, 0.2) is 42.5 Å². The molecule has 2 N–H and O–H groups in total. The number of esters is 1. The molecule has 4 rings (SSSR count). The smallest absolute Gasteiger partial charge is 0.344 e. The van der Waals surface area contributed by atoms with Crippen molar-refractivity contribution < 1.29 is 14.3 Å². The third-order valence-corrected chi connectivity index (χ3v) is 4.95. The van der Waals surface area contributed by atoms with E-state index < -0.39 is 12.1 Å². The molecule has 0 bridgehead atoms. The first kappa shape index (κ1) is 20.4. The number of nitrogens with two attached hydrogens (primary N) is 1. The maximum Gasteiger partial charge on any atom is 0.344 e. The summed E-state index contributed by atoms with van der Waals surface area (Å²) in [6.45, 7) is 1.98. The highest BCUT2D eigenvalue weighted by molar-refractivity contribution is 6.35. The molecule has 9 heteroatoms. The Hall–Kier alpha value is -2.87. The van der Waals surface area contributed by atoms with E-state index in [9.17, 15) is 4.79 Å². The van der Waals surface area contributed by atoms with E-state index in [-0.39, 0.29) is 18.0 Å². The monoisotopic (exact) mass is 444 g/mol. The van der Waals surface area contributed by atoms with Gasteiger partial charge in [0.15, 0.2) is 5.65 Å². The number of fused-ring (bicyclic) bond motifs is 2. The van der Waals surface area contributed by atoms with Crippen LogP contribution in [-0.2, 0) is 9.47 Å². The molecular formula is C21H18Cl2N4O3. The minimum Gasteiger partial charge on any atom is -0.456 e. The van der Waals surface area contributed by atoms with Crippen molar-refractivity contribution in [1.29, 1.82) is 0 Å². The van der Waals surface area contributed by atoms with Crippen molar-refractivity contribution in [2.45, 2.75) is 13.0 Å². The summed E-state index contributed by atoms with van der Waals surface area (Å²) in [5.74, 6) is -0.480. The molecule has 154 valence electrons. The van der Waals surface area contributed by atoms with Crippen LogP contribution < -0.4 is 5.73 Å². The number of nitrogens with zero attached hydrogens (tertiary/aromatic N) is 3. The maximum atomic E-state index is 13.0. The minimum absolute atomic E-state index is 0.127. The highest BCUT2D eigenvalue weighted by atomic mass is 35.5. The van der Waals surface area contributed by atoms with Gasteiger partial charge in [0, 0.05) is 17.2 Å². The molecule has 0 amide bonds. The molecule has 0 saturated heterocycles. The second-order valence-electron chi connectivity index (χ2n) is 6.78. The van der Waals surface area contributed by atoms with Crippen molar-refractivity contribution >= 4 is 57.2 Å². The fraction of sp³-hybridized carbons (Fsp3) is 0.190. The number of nitrogen functional groups attached to an aromatic ring is 1. The molecule has 2 aromatic heterocycles. The van der Waals surface area contributed by atoms with Crippen LogP contribution in [0.4, 0.5) is 5.82 Å². The van der Waals surface area contributed by atoms with E-state index in [2.05, 4.69) is 4.98 Å². The topological polar surface area (TPSA) is 92.3 Å². The van der Waals surface area contributed by atoms with E-state index in [1.807, 2.05) is 24.3 Å². The van der Waals surface area contributed by atoms with Crippen molar-refractivity contribution in [3.8, 4) is 5.69 Å². The summed E-state index contributed by atoms with van der Waals surface area (Å²) < 4.78 is 12.1. The van der Waals surface area contributed by atoms with E-state index in [4.69, 9.17) is 43.4 Å². The molecule has 0 fully saturated rings. The van der Waals surface area contributed by atoms with Crippen LogP contribution in [0.1, 0.15) is 17.3 Å². The molecule has 2 heterocycles. The van der Waals surface area contributed by atoms with Crippen LogP contribution >= 0.6 is 23.2 Å². The van der Waals surface area contributed by atoms with E-state index in [1.54, 1.807) is 29.7 Å². The Bertz CT molecular complexity index is 1250. The van der Waals surface area contributed by atoms with Crippen LogP contribution in [0.5, 0.6) is 0 Å². The number of benzene rings is 2. The molecule has 1 atom stereocenters. The number of aromatic nitrogens is 3. The number of rotatable bonds is 5. The van der Waals surface area contributed by atoms with Crippen LogP contribution in [-0.4, -0.2) is 40.3 Å². The summed E-state index contributed by atoms with van der Waals surface area (Å²) in [5, 5.41) is 0.843. The zero-order chi connectivity index (χ0) is 21.4. The normalized spacial score (nSPS) is 12.4. The van der Waals surface area contributed by atoms with Gasteiger partial charge in [0.2, 0.25) is 0 Å². The number of carbonyl (C=O) groups is 1. The van der Waals surface area contributed by atoms with Gasteiger partial charge < -0.3 is 15.2 Å². The number of para-hydroxylation sites is 2.